The van der Waals surface area contributed by atoms with Crippen LogP contribution >= 0.6 is 0 Å². The zero-order valence-corrected chi connectivity index (χ0v) is 24.0. The van der Waals surface area contributed by atoms with Gasteiger partial charge in [-0.25, -0.2) is 65.9 Å². The van der Waals surface area contributed by atoms with Crippen LogP contribution in [0.5, 0.6) is 5.75 Å². The average Bonchev–Trinajstić information content (AvgIpc) is 3.05. The minimum atomic E-state index is -5.94. The van der Waals surface area contributed by atoms with Gasteiger partial charge in [-0.05, 0) is 24.0 Å². The summed E-state index contributed by atoms with van der Waals surface area (Å²) in [7, 11) is 0. The molecule has 0 saturated heterocycles. The number of benzene rings is 4. The monoisotopic (exact) mass is 687 g/mol. The Morgan fingerprint density at radius 1 is 0.457 bits per heavy atom. The summed E-state index contributed by atoms with van der Waals surface area (Å²) in [6.07, 6.45) is -6.18. The normalized spacial score (nSPS) is 11.8. The van der Waals surface area contributed by atoms with Crippen LogP contribution in [0.2, 0.25) is 0 Å². The van der Waals surface area contributed by atoms with Crippen LogP contribution in [0.1, 0.15) is 25.0 Å². The van der Waals surface area contributed by atoms with Gasteiger partial charge in [0, 0.05) is 5.75 Å². The van der Waals surface area contributed by atoms with E-state index >= 15 is 26.3 Å². The third-order valence-electron chi connectivity index (χ3n) is 7.74. The van der Waals surface area contributed by atoms with E-state index in [1.807, 2.05) is 0 Å². The standard InChI is InChI=1S/C28H13BF15O.Al/c1-3-7-5-6-9(28(45)8(7)4-2)29(10-13(30)19(36)25(42)20(37)14(10)31,11-15(32)21(38)26(43)22(39)16(11)33)12-17(34)23(40)27(44)24(41)18(12)35;/h5-6,45H,3-4H2,1-2H3;/q-1;+1/p-1. The van der Waals surface area contributed by atoms with Gasteiger partial charge in [0.2, 0.25) is 0 Å². The molecule has 4 aromatic carbocycles. The largest absolute Gasteiger partial charge is 0.656 e. The smallest absolute Gasteiger partial charge is 0.481 e. The Morgan fingerprint density at radius 2 is 0.739 bits per heavy atom. The summed E-state index contributed by atoms with van der Waals surface area (Å²) >= 11 is 1.48. The van der Waals surface area contributed by atoms with Gasteiger partial charge in [-0.3, -0.25) is 0 Å². The fraction of sp³-hybridized carbons (Fsp3) is 0.143. The molecule has 0 spiro atoms. The minimum Gasteiger partial charge on any atom is -0.656 e. The van der Waals surface area contributed by atoms with Gasteiger partial charge >= 0.3 is 16.6 Å². The number of aryl methyl sites for hydroxylation is 1. The molecule has 4 aromatic rings. The summed E-state index contributed by atoms with van der Waals surface area (Å²) in [6, 6.07) is 1.33. The van der Waals surface area contributed by atoms with Gasteiger partial charge in [0.05, 0.1) is 0 Å². The lowest BCUT2D eigenvalue weighted by atomic mass is 9.12. The topological polar surface area (TPSA) is 9.23 Å². The van der Waals surface area contributed by atoms with Crippen LogP contribution in [0.4, 0.5) is 65.9 Å². The zero-order chi connectivity index (χ0) is 34.7. The van der Waals surface area contributed by atoms with Crippen molar-refractivity contribution in [3.8, 4) is 5.75 Å². The van der Waals surface area contributed by atoms with Crippen LogP contribution in [0, 0.1) is 87.3 Å². The fourth-order valence-electron chi connectivity index (χ4n) is 5.79. The molecule has 4 rings (SSSR count). The van der Waals surface area contributed by atoms with Crippen LogP contribution in [0.3, 0.4) is 0 Å². The van der Waals surface area contributed by atoms with E-state index in [4.69, 9.17) is 3.79 Å². The van der Waals surface area contributed by atoms with E-state index in [2.05, 4.69) is 0 Å². The van der Waals surface area contributed by atoms with E-state index < -0.39 is 121 Å². The van der Waals surface area contributed by atoms with E-state index in [-0.39, 0.29) is 24.0 Å². The maximum atomic E-state index is 15.8. The highest BCUT2D eigenvalue weighted by atomic mass is 27.1. The van der Waals surface area contributed by atoms with Crippen molar-refractivity contribution in [2.24, 2.45) is 0 Å². The van der Waals surface area contributed by atoms with Gasteiger partial charge in [0.25, 0.3) is 0 Å². The Bertz CT molecular complexity index is 1680. The molecular formula is C28H12AlBF15O-. The summed E-state index contributed by atoms with van der Waals surface area (Å²) in [6.45, 7) is 2.81. The first-order chi connectivity index (χ1) is 21.5. The van der Waals surface area contributed by atoms with Gasteiger partial charge in [-0.2, -0.15) is 5.46 Å². The first-order valence-electron chi connectivity index (χ1n) is 12.7. The van der Waals surface area contributed by atoms with Crippen LogP contribution in [-0.2, 0) is 12.8 Å². The van der Waals surface area contributed by atoms with E-state index in [1.165, 1.54) is 30.5 Å². The number of hydrogen-bond donors (Lipinski definition) is 0. The maximum absolute atomic E-state index is 15.8. The molecule has 242 valence electrons. The van der Waals surface area contributed by atoms with Gasteiger partial charge in [-0.1, -0.05) is 26.0 Å². The van der Waals surface area contributed by atoms with Crippen LogP contribution in [0.15, 0.2) is 12.1 Å². The molecule has 0 bridgehead atoms. The minimum absolute atomic E-state index is 0.0259. The Hall–Kier alpha value is -3.77. The van der Waals surface area contributed by atoms with Crippen molar-refractivity contribution in [3.63, 3.8) is 0 Å². The van der Waals surface area contributed by atoms with Crippen LogP contribution in [0.25, 0.3) is 0 Å². The molecule has 0 aliphatic heterocycles. The second kappa shape index (κ2) is 12.4. The molecule has 0 atom stereocenters. The molecule has 0 aromatic heterocycles. The quantitative estimate of drug-likeness (QED) is 0.104. The molecule has 2 radical (unpaired) electrons. The fourth-order valence-corrected chi connectivity index (χ4v) is 6.07. The van der Waals surface area contributed by atoms with Gasteiger partial charge in [0.1, 0.15) is 41.0 Å². The van der Waals surface area contributed by atoms with Gasteiger partial charge in [-0.15, -0.1) is 16.4 Å². The molecule has 0 unspecified atom stereocenters. The van der Waals surface area contributed by atoms with E-state index in [1.54, 1.807) is 0 Å². The molecule has 0 aliphatic carbocycles. The van der Waals surface area contributed by atoms with Crippen molar-refractivity contribution >= 4 is 44.6 Å². The van der Waals surface area contributed by atoms with E-state index in [0.29, 0.717) is 6.07 Å². The second-order valence-electron chi connectivity index (χ2n) is 9.76. The summed E-state index contributed by atoms with van der Waals surface area (Å²) in [5.41, 5.74) is -9.69. The predicted molar refractivity (Wildman–Crippen MR) is 135 cm³/mol. The van der Waals surface area contributed by atoms with Gasteiger partial charge < -0.3 is 3.79 Å². The Balaban J connectivity index is 2.65. The predicted octanol–water partition coefficient (Wildman–Crippen LogP) is 5.74. The lowest BCUT2D eigenvalue weighted by Gasteiger charge is -2.46. The first kappa shape index (κ1) is 35.1. The summed E-state index contributed by atoms with van der Waals surface area (Å²) in [4.78, 5) is 0. The third kappa shape index (κ3) is 4.66. The van der Waals surface area contributed by atoms with Crippen molar-refractivity contribution in [2.45, 2.75) is 26.7 Å². The van der Waals surface area contributed by atoms with Crippen molar-refractivity contribution < 1.29 is 69.6 Å². The highest BCUT2D eigenvalue weighted by Gasteiger charge is 2.50. The molecule has 46 heavy (non-hydrogen) atoms. The molecule has 1 nitrogen and oxygen atoms in total. The van der Waals surface area contributed by atoms with Crippen molar-refractivity contribution in [1.82, 2.24) is 0 Å². The van der Waals surface area contributed by atoms with Crippen molar-refractivity contribution in [3.05, 3.63) is 111 Å². The lowest BCUT2D eigenvalue weighted by Crippen LogP contribution is -2.79. The third-order valence-corrected chi connectivity index (χ3v) is 7.97. The van der Waals surface area contributed by atoms with Crippen molar-refractivity contribution in [2.75, 3.05) is 0 Å². The molecular weight excluding hydrogens is 675 g/mol. The Labute approximate surface area is 257 Å². The summed E-state index contributed by atoms with van der Waals surface area (Å²) in [5.74, 6) is -46.9. The van der Waals surface area contributed by atoms with Crippen LogP contribution in [-0.4, -0.2) is 22.8 Å². The molecule has 0 amide bonds. The molecule has 0 heterocycles. The molecule has 0 fully saturated rings. The van der Waals surface area contributed by atoms with E-state index in [9.17, 15) is 39.5 Å². The Morgan fingerprint density at radius 3 is 0.978 bits per heavy atom. The number of hydrogen-bond acceptors (Lipinski definition) is 1. The molecule has 18 heteroatoms. The highest BCUT2D eigenvalue weighted by Crippen LogP contribution is 2.32. The number of rotatable bonds is 7. The highest BCUT2D eigenvalue weighted by molar-refractivity contribution is 7.20. The summed E-state index contributed by atoms with van der Waals surface area (Å²) in [5, 5.41) is 0. The lowest BCUT2D eigenvalue weighted by molar-refractivity contribution is 0.380. The summed E-state index contributed by atoms with van der Waals surface area (Å²) < 4.78 is 232. The molecule has 0 saturated carbocycles. The number of halogens is 15. The Kier molecular flexibility index (Phi) is 9.49. The second-order valence-corrected chi connectivity index (χ2v) is 10.00. The SMILES string of the molecule is CCc1ccc([B-](c2c(F)c(F)c(F)c(F)c2F)(c2c(F)c(F)c(F)c(F)c2F)c2c(F)c(F)c(F)c(F)c2F)c([O][Al])c1CC. The maximum Gasteiger partial charge on any atom is 0.481 e. The first-order valence-corrected chi connectivity index (χ1v) is 13.2. The van der Waals surface area contributed by atoms with Crippen LogP contribution < -0.4 is 25.6 Å². The molecule has 0 N–H and O–H groups in total. The average molecular weight is 687 g/mol. The van der Waals surface area contributed by atoms with Gasteiger partial charge in [0.15, 0.2) is 52.4 Å². The van der Waals surface area contributed by atoms with Crippen molar-refractivity contribution in [1.29, 1.82) is 0 Å². The molecule has 0 aliphatic rings. The zero-order valence-electron chi connectivity index (χ0n) is 22.8. The van der Waals surface area contributed by atoms with E-state index in [0.717, 1.165) is 6.07 Å².